The lowest BCUT2D eigenvalue weighted by atomic mass is 10.2. The summed E-state index contributed by atoms with van der Waals surface area (Å²) < 4.78 is 42.1. The van der Waals surface area contributed by atoms with Gasteiger partial charge in [-0.25, -0.2) is 0 Å². The van der Waals surface area contributed by atoms with Crippen molar-refractivity contribution >= 4 is 5.69 Å². The number of nitrogens with one attached hydrogen (secondary N) is 1. The molecule has 5 heteroatoms. The average molecular weight is 247 g/mol. The first-order chi connectivity index (χ1) is 7.89. The second-order valence-electron chi connectivity index (χ2n) is 3.92. The van der Waals surface area contributed by atoms with E-state index in [2.05, 4.69) is 5.32 Å². The molecule has 0 fully saturated rings. The number of halogens is 3. The van der Waals surface area contributed by atoms with Crippen molar-refractivity contribution in [2.24, 2.45) is 0 Å². The molecule has 0 aliphatic carbocycles. The van der Waals surface area contributed by atoms with Crippen LogP contribution in [0.5, 0.6) is 0 Å². The maximum atomic E-state index is 12.3. The fourth-order valence-electron chi connectivity index (χ4n) is 1.27. The Kier molecular flexibility index (Phi) is 4.81. The van der Waals surface area contributed by atoms with Crippen molar-refractivity contribution in [2.75, 3.05) is 18.5 Å². The van der Waals surface area contributed by atoms with E-state index < -0.39 is 11.7 Å². The van der Waals surface area contributed by atoms with Crippen LogP contribution >= 0.6 is 0 Å². The van der Waals surface area contributed by atoms with E-state index in [0.29, 0.717) is 18.8 Å². The Hall–Kier alpha value is -1.23. The summed E-state index contributed by atoms with van der Waals surface area (Å²) in [4.78, 5) is 0. The Morgan fingerprint density at radius 2 is 1.76 bits per heavy atom. The maximum absolute atomic E-state index is 12.3. The van der Waals surface area contributed by atoms with Crippen molar-refractivity contribution in [2.45, 2.75) is 26.1 Å². The lowest BCUT2D eigenvalue weighted by Gasteiger charge is -2.11. The lowest BCUT2D eigenvalue weighted by molar-refractivity contribution is -0.137. The Morgan fingerprint density at radius 3 is 2.24 bits per heavy atom. The first kappa shape index (κ1) is 13.8. The fraction of sp³-hybridized carbons (Fsp3) is 0.500. The second kappa shape index (κ2) is 5.91. The molecule has 1 aromatic rings. The minimum atomic E-state index is -4.28. The highest BCUT2D eigenvalue weighted by atomic mass is 19.4. The van der Waals surface area contributed by atoms with E-state index in [4.69, 9.17) is 4.74 Å². The molecule has 17 heavy (non-hydrogen) atoms. The number of ether oxygens (including phenoxy) is 1. The third kappa shape index (κ3) is 5.08. The third-order valence-electron chi connectivity index (χ3n) is 2.09. The molecular weight excluding hydrogens is 231 g/mol. The predicted molar refractivity (Wildman–Crippen MR) is 61.0 cm³/mol. The van der Waals surface area contributed by atoms with Crippen LogP contribution in [0, 0.1) is 0 Å². The highest BCUT2D eigenvalue weighted by Gasteiger charge is 2.29. The van der Waals surface area contributed by atoms with Crippen LogP contribution in [0.1, 0.15) is 19.4 Å². The zero-order valence-electron chi connectivity index (χ0n) is 9.84. The summed E-state index contributed by atoms with van der Waals surface area (Å²) in [6, 6.07) is 4.95. The molecule has 1 rings (SSSR count). The van der Waals surface area contributed by atoms with Crippen molar-refractivity contribution in [3.8, 4) is 0 Å². The minimum Gasteiger partial charge on any atom is -0.383 e. The van der Waals surface area contributed by atoms with Gasteiger partial charge < -0.3 is 10.1 Å². The van der Waals surface area contributed by atoms with Crippen molar-refractivity contribution in [1.82, 2.24) is 0 Å². The molecule has 96 valence electrons. The minimum absolute atomic E-state index is 0.157. The fourth-order valence-corrected chi connectivity index (χ4v) is 1.27. The van der Waals surface area contributed by atoms with Gasteiger partial charge in [0.25, 0.3) is 0 Å². The molecule has 0 heterocycles. The number of hydrogen-bond donors (Lipinski definition) is 1. The van der Waals surface area contributed by atoms with Crippen LogP contribution in [0.2, 0.25) is 0 Å². The monoisotopic (exact) mass is 247 g/mol. The van der Waals surface area contributed by atoms with Gasteiger partial charge in [0.2, 0.25) is 0 Å². The SMILES string of the molecule is CC(C)OCCNc1ccc(C(F)(F)F)cc1. The van der Waals surface area contributed by atoms with Crippen LogP contribution in [0.4, 0.5) is 18.9 Å². The average Bonchev–Trinajstić information content (AvgIpc) is 2.23. The molecule has 0 radical (unpaired) electrons. The van der Waals surface area contributed by atoms with Crippen molar-refractivity contribution in [1.29, 1.82) is 0 Å². The Morgan fingerprint density at radius 1 is 1.18 bits per heavy atom. The zero-order chi connectivity index (χ0) is 12.9. The van der Waals surface area contributed by atoms with Gasteiger partial charge in [0, 0.05) is 12.2 Å². The quantitative estimate of drug-likeness (QED) is 0.803. The standard InChI is InChI=1S/C12H16F3NO/c1-9(2)17-8-7-16-11-5-3-10(4-6-11)12(13,14)15/h3-6,9,16H,7-8H2,1-2H3. The number of rotatable bonds is 5. The normalized spacial score (nSPS) is 11.9. The van der Waals surface area contributed by atoms with E-state index in [1.54, 1.807) is 0 Å². The maximum Gasteiger partial charge on any atom is 0.416 e. The van der Waals surface area contributed by atoms with Gasteiger partial charge in [0.15, 0.2) is 0 Å². The summed E-state index contributed by atoms with van der Waals surface area (Å²) in [5.41, 5.74) is 0.0202. The van der Waals surface area contributed by atoms with E-state index in [1.807, 2.05) is 13.8 Å². The molecule has 0 bridgehead atoms. The van der Waals surface area contributed by atoms with Crippen LogP contribution in [0.15, 0.2) is 24.3 Å². The van der Waals surface area contributed by atoms with Crippen molar-refractivity contribution < 1.29 is 17.9 Å². The van der Waals surface area contributed by atoms with Crippen LogP contribution in [-0.4, -0.2) is 19.3 Å². The summed E-state index contributed by atoms with van der Waals surface area (Å²) in [5, 5.41) is 2.99. The topological polar surface area (TPSA) is 21.3 Å². The van der Waals surface area contributed by atoms with Crippen molar-refractivity contribution in [3.05, 3.63) is 29.8 Å². The van der Waals surface area contributed by atoms with Gasteiger partial charge >= 0.3 is 6.18 Å². The molecule has 0 aliphatic heterocycles. The van der Waals surface area contributed by atoms with E-state index in [0.717, 1.165) is 12.1 Å². The Labute approximate surface area is 98.8 Å². The molecule has 1 aromatic carbocycles. The molecule has 0 spiro atoms. The Balaban J connectivity index is 2.41. The summed E-state index contributed by atoms with van der Waals surface area (Å²) in [6.07, 6.45) is -4.12. The van der Waals surface area contributed by atoms with Crippen LogP contribution < -0.4 is 5.32 Å². The van der Waals surface area contributed by atoms with Crippen molar-refractivity contribution in [3.63, 3.8) is 0 Å². The highest BCUT2D eigenvalue weighted by Crippen LogP contribution is 2.29. The summed E-state index contributed by atoms with van der Waals surface area (Å²) in [7, 11) is 0. The Bertz CT molecular complexity index is 333. The molecule has 1 N–H and O–H groups in total. The van der Waals surface area contributed by atoms with Crippen LogP contribution in [-0.2, 0) is 10.9 Å². The van der Waals surface area contributed by atoms with E-state index in [1.165, 1.54) is 12.1 Å². The van der Waals surface area contributed by atoms with Crippen LogP contribution in [0.25, 0.3) is 0 Å². The predicted octanol–water partition coefficient (Wildman–Crippen LogP) is 3.54. The van der Waals surface area contributed by atoms with Crippen LogP contribution in [0.3, 0.4) is 0 Å². The molecule has 0 atom stereocenters. The second-order valence-corrected chi connectivity index (χ2v) is 3.92. The molecule has 0 unspecified atom stereocenters. The summed E-state index contributed by atoms with van der Waals surface area (Å²) in [6.45, 7) is 4.96. The zero-order valence-corrected chi connectivity index (χ0v) is 9.84. The van der Waals surface area contributed by atoms with Gasteiger partial charge in [0.05, 0.1) is 18.3 Å². The van der Waals surface area contributed by atoms with E-state index >= 15 is 0 Å². The van der Waals surface area contributed by atoms with Gasteiger partial charge in [-0.05, 0) is 38.1 Å². The first-order valence-corrected chi connectivity index (χ1v) is 5.42. The molecule has 0 amide bonds. The number of hydrogen-bond acceptors (Lipinski definition) is 2. The lowest BCUT2D eigenvalue weighted by Crippen LogP contribution is -2.13. The summed E-state index contributed by atoms with van der Waals surface area (Å²) in [5.74, 6) is 0. The van der Waals surface area contributed by atoms with Gasteiger partial charge in [0.1, 0.15) is 0 Å². The highest BCUT2D eigenvalue weighted by molar-refractivity contribution is 5.45. The third-order valence-corrected chi connectivity index (χ3v) is 2.09. The van der Waals surface area contributed by atoms with Gasteiger partial charge in [-0.3, -0.25) is 0 Å². The number of alkyl halides is 3. The van der Waals surface area contributed by atoms with Gasteiger partial charge in [-0.2, -0.15) is 13.2 Å². The van der Waals surface area contributed by atoms with E-state index in [-0.39, 0.29) is 6.10 Å². The molecule has 0 saturated heterocycles. The molecule has 0 aliphatic rings. The first-order valence-electron chi connectivity index (χ1n) is 5.42. The molecule has 2 nitrogen and oxygen atoms in total. The van der Waals surface area contributed by atoms with Gasteiger partial charge in [-0.15, -0.1) is 0 Å². The molecule has 0 aromatic heterocycles. The molecule has 0 saturated carbocycles. The van der Waals surface area contributed by atoms with E-state index in [9.17, 15) is 13.2 Å². The van der Waals surface area contributed by atoms with Gasteiger partial charge in [-0.1, -0.05) is 0 Å². The summed E-state index contributed by atoms with van der Waals surface area (Å²) >= 11 is 0. The molecular formula is C12H16F3NO. The smallest absolute Gasteiger partial charge is 0.383 e. The number of benzene rings is 1. The largest absolute Gasteiger partial charge is 0.416 e. The number of anilines is 1.